The highest BCUT2D eigenvalue weighted by atomic mass is 15.1. The summed E-state index contributed by atoms with van der Waals surface area (Å²) in [7, 11) is 0. The van der Waals surface area contributed by atoms with Crippen molar-refractivity contribution in [2.24, 2.45) is 0 Å². The molecule has 1 aliphatic heterocycles. The van der Waals surface area contributed by atoms with Crippen molar-refractivity contribution in [3.8, 4) is 0 Å². The van der Waals surface area contributed by atoms with Crippen LogP contribution < -0.4 is 5.32 Å². The van der Waals surface area contributed by atoms with Gasteiger partial charge in [-0.25, -0.2) is 0 Å². The van der Waals surface area contributed by atoms with Crippen LogP contribution in [0.1, 0.15) is 37.3 Å². The molecule has 1 heterocycles. The van der Waals surface area contributed by atoms with Gasteiger partial charge in [0.2, 0.25) is 0 Å². The van der Waals surface area contributed by atoms with Gasteiger partial charge in [-0.2, -0.15) is 0 Å². The van der Waals surface area contributed by atoms with E-state index in [1.54, 1.807) is 0 Å². The van der Waals surface area contributed by atoms with Gasteiger partial charge in [0, 0.05) is 12.6 Å². The Bertz CT molecular complexity index is 369. The zero-order valence-corrected chi connectivity index (χ0v) is 12.5. The van der Waals surface area contributed by atoms with E-state index in [0.29, 0.717) is 6.04 Å². The Labute approximate surface area is 118 Å². The molecule has 2 nitrogen and oxygen atoms in total. The smallest absolute Gasteiger partial charge is 0.0166 e. The Morgan fingerprint density at radius 1 is 1.21 bits per heavy atom. The van der Waals surface area contributed by atoms with E-state index in [2.05, 4.69) is 48.3 Å². The summed E-state index contributed by atoms with van der Waals surface area (Å²) in [5.41, 5.74) is 2.80. The zero-order chi connectivity index (χ0) is 13.5. The minimum atomic E-state index is 0.600. The average Bonchev–Trinajstić information content (AvgIpc) is 2.40. The predicted molar refractivity (Wildman–Crippen MR) is 82.6 cm³/mol. The number of benzene rings is 1. The van der Waals surface area contributed by atoms with Gasteiger partial charge in [0.05, 0.1) is 0 Å². The highest BCUT2D eigenvalue weighted by Gasteiger charge is 2.12. The quantitative estimate of drug-likeness (QED) is 0.846. The number of hydrogen-bond donors (Lipinski definition) is 1. The average molecular weight is 260 g/mol. The first-order valence-corrected chi connectivity index (χ1v) is 7.75. The maximum Gasteiger partial charge on any atom is 0.0166 e. The molecule has 19 heavy (non-hydrogen) atoms. The molecule has 1 unspecified atom stereocenters. The molecule has 0 spiro atoms. The van der Waals surface area contributed by atoms with Gasteiger partial charge in [-0.15, -0.1) is 0 Å². The van der Waals surface area contributed by atoms with Crippen molar-refractivity contribution in [3.05, 3.63) is 35.4 Å². The van der Waals surface area contributed by atoms with Crippen molar-refractivity contribution in [2.75, 3.05) is 26.2 Å². The Morgan fingerprint density at radius 3 is 2.74 bits per heavy atom. The monoisotopic (exact) mass is 260 g/mol. The van der Waals surface area contributed by atoms with Gasteiger partial charge in [-0.1, -0.05) is 36.2 Å². The maximum atomic E-state index is 3.66. The highest BCUT2D eigenvalue weighted by Crippen LogP contribution is 2.09. The minimum Gasteiger partial charge on any atom is -0.313 e. The lowest BCUT2D eigenvalue weighted by atomic mass is 10.1. The van der Waals surface area contributed by atoms with Crippen molar-refractivity contribution in [2.45, 2.75) is 45.6 Å². The molecule has 106 valence electrons. The van der Waals surface area contributed by atoms with Crippen molar-refractivity contribution in [1.82, 2.24) is 10.2 Å². The summed E-state index contributed by atoms with van der Waals surface area (Å²) in [6, 6.07) is 9.43. The molecular formula is C17H28N2. The molecule has 1 aliphatic rings. The molecule has 0 amide bonds. The number of rotatable bonds is 6. The van der Waals surface area contributed by atoms with Crippen LogP contribution in [-0.4, -0.2) is 37.1 Å². The number of hydrogen-bond acceptors (Lipinski definition) is 2. The lowest BCUT2D eigenvalue weighted by Crippen LogP contribution is -2.42. The van der Waals surface area contributed by atoms with Crippen molar-refractivity contribution in [3.63, 3.8) is 0 Å². The summed E-state index contributed by atoms with van der Waals surface area (Å²) in [5, 5.41) is 3.66. The molecule has 2 rings (SSSR count). The number of likely N-dealkylation sites (tertiary alicyclic amines) is 1. The lowest BCUT2D eigenvalue weighted by molar-refractivity contribution is 0.209. The molecular weight excluding hydrogens is 232 g/mol. The van der Waals surface area contributed by atoms with Crippen LogP contribution in [0.25, 0.3) is 0 Å². The van der Waals surface area contributed by atoms with Gasteiger partial charge in [-0.05, 0) is 58.3 Å². The van der Waals surface area contributed by atoms with E-state index in [1.165, 1.54) is 50.0 Å². The van der Waals surface area contributed by atoms with E-state index in [9.17, 15) is 0 Å². The van der Waals surface area contributed by atoms with Gasteiger partial charge in [0.1, 0.15) is 0 Å². The summed E-state index contributed by atoms with van der Waals surface area (Å²) >= 11 is 0. The van der Waals surface area contributed by atoms with E-state index >= 15 is 0 Å². The Morgan fingerprint density at radius 2 is 2.00 bits per heavy atom. The van der Waals surface area contributed by atoms with Gasteiger partial charge in [0.25, 0.3) is 0 Å². The molecule has 1 aromatic carbocycles. The van der Waals surface area contributed by atoms with Crippen LogP contribution in [0.4, 0.5) is 0 Å². The van der Waals surface area contributed by atoms with Crippen LogP contribution in [0.2, 0.25) is 0 Å². The lowest BCUT2D eigenvalue weighted by Gasteiger charge is -2.29. The number of aryl methyl sites for hydroxylation is 1. The van der Waals surface area contributed by atoms with E-state index in [0.717, 1.165) is 13.0 Å². The largest absolute Gasteiger partial charge is 0.313 e. The summed E-state index contributed by atoms with van der Waals surface area (Å²) in [6.07, 6.45) is 5.32. The summed E-state index contributed by atoms with van der Waals surface area (Å²) in [5.74, 6) is 0. The minimum absolute atomic E-state index is 0.600. The molecule has 0 bridgehead atoms. The number of nitrogens with zero attached hydrogens (tertiary/aromatic N) is 1. The molecule has 2 heteroatoms. The predicted octanol–water partition coefficient (Wildman–Crippen LogP) is 3.00. The third kappa shape index (κ3) is 5.33. The zero-order valence-electron chi connectivity index (χ0n) is 12.5. The van der Waals surface area contributed by atoms with Crippen LogP contribution in [0, 0.1) is 6.92 Å². The topological polar surface area (TPSA) is 15.3 Å². The summed E-state index contributed by atoms with van der Waals surface area (Å²) in [6.45, 7) is 9.35. The van der Waals surface area contributed by atoms with Gasteiger partial charge in [0.15, 0.2) is 0 Å². The number of nitrogens with one attached hydrogen (secondary N) is 1. The number of piperidine rings is 1. The van der Waals surface area contributed by atoms with Crippen LogP contribution in [0.3, 0.4) is 0 Å². The molecule has 0 saturated carbocycles. The molecule has 0 radical (unpaired) electrons. The van der Waals surface area contributed by atoms with Crippen LogP contribution in [0.15, 0.2) is 24.3 Å². The normalized spacial score (nSPS) is 18.4. The van der Waals surface area contributed by atoms with Crippen molar-refractivity contribution < 1.29 is 0 Å². The van der Waals surface area contributed by atoms with Crippen molar-refractivity contribution >= 4 is 0 Å². The third-order valence-corrected chi connectivity index (χ3v) is 3.97. The van der Waals surface area contributed by atoms with Gasteiger partial charge in [-0.3, -0.25) is 0 Å². The van der Waals surface area contributed by atoms with Crippen molar-refractivity contribution in [1.29, 1.82) is 0 Å². The van der Waals surface area contributed by atoms with Gasteiger partial charge >= 0.3 is 0 Å². The van der Waals surface area contributed by atoms with Crippen LogP contribution >= 0.6 is 0 Å². The summed E-state index contributed by atoms with van der Waals surface area (Å²) in [4.78, 5) is 2.60. The van der Waals surface area contributed by atoms with E-state index in [4.69, 9.17) is 0 Å². The summed E-state index contributed by atoms with van der Waals surface area (Å²) < 4.78 is 0. The first-order valence-electron chi connectivity index (χ1n) is 7.75. The Kier molecular flexibility index (Phi) is 5.87. The maximum absolute atomic E-state index is 3.66. The fraction of sp³-hybridized carbons (Fsp3) is 0.647. The third-order valence-electron chi connectivity index (χ3n) is 3.97. The second kappa shape index (κ2) is 7.66. The standard InChI is InChI=1S/C17H28N2/c1-15-7-6-8-17(13-15)9-10-18-16(2)14-19-11-4-3-5-12-19/h6-8,13,16,18H,3-5,9-12,14H2,1-2H3. The second-order valence-corrected chi connectivity index (χ2v) is 5.96. The molecule has 0 aliphatic carbocycles. The van der Waals surface area contributed by atoms with Crippen LogP contribution in [0.5, 0.6) is 0 Å². The molecule has 1 aromatic rings. The Hall–Kier alpha value is -0.860. The highest BCUT2D eigenvalue weighted by molar-refractivity contribution is 5.22. The molecule has 1 fully saturated rings. The van der Waals surface area contributed by atoms with Gasteiger partial charge < -0.3 is 10.2 Å². The van der Waals surface area contributed by atoms with E-state index in [-0.39, 0.29) is 0 Å². The fourth-order valence-electron chi connectivity index (χ4n) is 2.92. The first kappa shape index (κ1) is 14.5. The molecule has 0 aromatic heterocycles. The fourth-order valence-corrected chi connectivity index (χ4v) is 2.92. The van der Waals surface area contributed by atoms with E-state index < -0.39 is 0 Å². The SMILES string of the molecule is Cc1cccc(CCNC(C)CN2CCCCC2)c1. The molecule has 1 N–H and O–H groups in total. The van der Waals surface area contributed by atoms with Crippen LogP contribution in [-0.2, 0) is 6.42 Å². The molecule has 1 saturated heterocycles. The van der Waals surface area contributed by atoms with E-state index in [1.807, 2.05) is 0 Å². The molecule has 1 atom stereocenters. The Balaban J connectivity index is 1.64. The second-order valence-electron chi connectivity index (χ2n) is 5.96. The first-order chi connectivity index (χ1) is 9.24.